The zero-order chi connectivity index (χ0) is 14.7. The summed E-state index contributed by atoms with van der Waals surface area (Å²) in [4.78, 5) is 4.04. The van der Waals surface area contributed by atoms with Crippen LogP contribution in [0.4, 0.5) is 10.2 Å². The smallest absolute Gasteiger partial charge is 0.216 e. The Labute approximate surface area is 123 Å². The van der Waals surface area contributed by atoms with E-state index in [2.05, 4.69) is 20.5 Å². The van der Waals surface area contributed by atoms with E-state index in [4.69, 9.17) is 4.42 Å². The van der Waals surface area contributed by atoms with Gasteiger partial charge in [-0.3, -0.25) is 0 Å². The molecule has 0 unspecified atom stereocenters. The summed E-state index contributed by atoms with van der Waals surface area (Å²) in [5, 5.41) is 11.2. The Morgan fingerprint density at radius 1 is 1.33 bits per heavy atom. The van der Waals surface area contributed by atoms with Gasteiger partial charge in [-0.1, -0.05) is 6.92 Å². The lowest BCUT2D eigenvalue weighted by Crippen LogP contribution is -2.17. The minimum Gasteiger partial charge on any atom is -0.425 e. The average Bonchev–Trinajstić information content (AvgIpc) is 3.11. The van der Waals surface area contributed by atoms with Crippen molar-refractivity contribution in [3.63, 3.8) is 0 Å². The Hall–Kier alpha value is -1.98. The van der Waals surface area contributed by atoms with Gasteiger partial charge in [-0.25, -0.2) is 9.37 Å². The quantitative estimate of drug-likeness (QED) is 0.917. The van der Waals surface area contributed by atoms with E-state index >= 15 is 0 Å². The maximum atomic E-state index is 13.6. The summed E-state index contributed by atoms with van der Waals surface area (Å²) in [7, 11) is 0. The molecule has 6 heteroatoms. The molecule has 112 valence electrons. The molecule has 2 aromatic rings. The number of rotatable bonds is 5. The Morgan fingerprint density at radius 3 is 2.95 bits per heavy atom. The number of hydrogen-bond donors (Lipinski definition) is 1. The van der Waals surface area contributed by atoms with Crippen LogP contribution in [0.2, 0.25) is 0 Å². The minimum absolute atomic E-state index is 0.257. The SMILES string of the molecule is CCc1nnc(C[C@@H]2CC[C@H](Nc3ncccc3F)C2)o1. The molecule has 21 heavy (non-hydrogen) atoms. The second-order valence-electron chi connectivity index (χ2n) is 5.50. The van der Waals surface area contributed by atoms with E-state index in [0.717, 1.165) is 32.1 Å². The van der Waals surface area contributed by atoms with Crippen LogP contribution in [-0.4, -0.2) is 21.2 Å². The van der Waals surface area contributed by atoms with Crippen molar-refractivity contribution in [2.75, 3.05) is 5.32 Å². The van der Waals surface area contributed by atoms with Gasteiger partial charge in [0, 0.05) is 25.1 Å². The molecule has 0 radical (unpaired) electrons. The standard InChI is InChI=1S/C15H19FN4O/c1-2-13-19-20-14(21-13)9-10-5-6-11(8-10)18-15-12(16)4-3-7-17-15/h3-4,7,10-11H,2,5-6,8-9H2,1H3,(H,17,18)/t10-,11+/m1/s1. The van der Waals surface area contributed by atoms with Gasteiger partial charge in [-0.05, 0) is 37.3 Å². The normalized spacial score (nSPS) is 21.6. The maximum absolute atomic E-state index is 13.6. The van der Waals surface area contributed by atoms with Crippen molar-refractivity contribution in [3.8, 4) is 0 Å². The molecule has 1 aliphatic carbocycles. The number of pyridine rings is 1. The Kier molecular flexibility index (Phi) is 4.13. The lowest BCUT2D eigenvalue weighted by atomic mass is 10.0. The molecule has 0 saturated heterocycles. The number of aromatic nitrogens is 3. The molecule has 3 rings (SSSR count). The monoisotopic (exact) mass is 290 g/mol. The van der Waals surface area contributed by atoms with Crippen molar-refractivity contribution in [2.24, 2.45) is 5.92 Å². The number of nitrogens with one attached hydrogen (secondary N) is 1. The van der Waals surface area contributed by atoms with Gasteiger partial charge in [-0.15, -0.1) is 10.2 Å². The summed E-state index contributed by atoms with van der Waals surface area (Å²) in [6, 6.07) is 3.28. The van der Waals surface area contributed by atoms with E-state index in [0.29, 0.717) is 23.5 Å². The Morgan fingerprint density at radius 2 is 2.19 bits per heavy atom. The summed E-state index contributed by atoms with van der Waals surface area (Å²) >= 11 is 0. The van der Waals surface area contributed by atoms with E-state index in [1.165, 1.54) is 6.07 Å². The van der Waals surface area contributed by atoms with Crippen LogP contribution in [0.15, 0.2) is 22.7 Å². The van der Waals surface area contributed by atoms with Gasteiger partial charge in [-0.2, -0.15) is 0 Å². The van der Waals surface area contributed by atoms with Crippen LogP contribution in [0.5, 0.6) is 0 Å². The molecule has 2 aromatic heterocycles. The highest BCUT2D eigenvalue weighted by Gasteiger charge is 2.27. The topological polar surface area (TPSA) is 63.8 Å². The number of halogens is 1. The van der Waals surface area contributed by atoms with Crippen LogP contribution in [0.1, 0.15) is 38.0 Å². The summed E-state index contributed by atoms with van der Waals surface area (Å²) in [5.41, 5.74) is 0. The molecule has 1 saturated carbocycles. The fourth-order valence-electron chi connectivity index (χ4n) is 2.84. The van der Waals surface area contributed by atoms with Gasteiger partial charge >= 0.3 is 0 Å². The van der Waals surface area contributed by atoms with Crippen LogP contribution >= 0.6 is 0 Å². The number of nitrogens with zero attached hydrogens (tertiary/aromatic N) is 3. The van der Waals surface area contributed by atoms with Gasteiger partial charge in [0.15, 0.2) is 11.6 Å². The molecule has 0 bridgehead atoms. The Bertz CT molecular complexity index is 601. The highest BCUT2D eigenvalue weighted by Crippen LogP contribution is 2.30. The van der Waals surface area contributed by atoms with Crippen LogP contribution < -0.4 is 5.32 Å². The second-order valence-corrected chi connectivity index (χ2v) is 5.50. The average molecular weight is 290 g/mol. The van der Waals surface area contributed by atoms with Gasteiger partial charge in [0.1, 0.15) is 0 Å². The fourth-order valence-corrected chi connectivity index (χ4v) is 2.84. The number of hydrogen-bond acceptors (Lipinski definition) is 5. The van der Waals surface area contributed by atoms with Crippen molar-refractivity contribution < 1.29 is 8.81 Å². The summed E-state index contributed by atoms with van der Waals surface area (Å²) in [6.45, 7) is 1.99. The van der Waals surface area contributed by atoms with E-state index in [-0.39, 0.29) is 11.9 Å². The number of aryl methyl sites for hydroxylation is 1. The first-order chi connectivity index (χ1) is 10.2. The van der Waals surface area contributed by atoms with Crippen molar-refractivity contribution in [1.82, 2.24) is 15.2 Å². The highest BCUT2D eigenvalue weighted by molar-refractivity contribution is 5.36. The van der Waals surface area contributed by atoms with E-state index in [9.17, 15) is 4.39 Å². The zero-order valence-electron chi connectivity index (χ0n) is 12.1. The van der Waals surface area contributed by atoms with Gasteiger partial charge in [0.05, 0.1) is 0 Å². The van der Waals surface area contributed by atoms with Gasteiger partial charge in [0.2, 0.25) is 11.8 Å². The maximum Gasteiger partial charge on any atom is 0.216 e. The molecular formula is C15H19FN4O. The van der Waals surface area contributed by atoms with Crippen molar-refractivity contribution in [3.05, 3.63) is 35.9 Å². The molecule has 0 spiro atoms. The molecule has 2 atom stereocenters. The first-order valence-electron chi connectivity index (χ1n) is 7.43. The molecular weight excluding hydrogens is 271 g/mol. The second kappa shape index (κ2) is 6.20. The van der Waals surface area contributed by atoms with Crippen molar-refractivity contribution >= 4 is 5.82 Å². The molecule has 2 heterocycles. The molecule has 5 nitrogen and oxygen atoms in total. The van der Waals surface area contributed by atoms with E-state index in [1.807, 2.05) is 6.92 Å². The molecule has 0 aliphatic heterocycles. The van der Waals surface area contributed by atoms with Crippen LogP contribution in [0.3, 0.4) is 0 Å². The summed E-state index contributed by atoms with van der Waals surface area (Å²) in [6.07, 6.45) is 6.23. The lowest BCUT2D eigenvalue weighted by molar-refractivity contribution is 0.408. The van der Waals surface area contributed by atoms with Crippen molar-refractivity contribution in [2.45, 2.75) is 45.1 Å². The predicted octanol–water partition coefficient (Wildman–Crippen LogP) is 2.99. The van der Waals surface area contributed by atoms with Crippen LogP contribution in [0.25, 0.3) is 0 Å². The first kappa shape index (κ1) is 14.0. The van der Waals surface area contributed by atoms with Crippen molar-refractivity contribution in [1.29, 1.82) is 0 Å². The lowest BCUT2D eigenvalue weighted by Gasteiger charge is -2.13. The molecule has 1 aliphatic rings. The summed E-state index contributed by atoms with van der Waals surface area (Å²) < 4.78 is 19.1. The largest absolute Gasteiger partial charge is 0.425 e. The first-order valence-corrected chi connectivity index (χ1v) is 7.43. The van der Waals surface area contributed by atoms with Crippen LogP contribution in [-0.2, 0) is 12.8 Å². The van der Waals surface area contributed by atoms with E-state index < -0.39 is 0 Å². The van der Waals surface area contributed by atoms with Crippen LogP contribution in [0, 0.1) is 11.7 Å². The Balaban J connectivity index is 1.54. The van der Waals surface area contributed by atoms with Gasteiger partial charge < -0.3 is 9.73 Å². The minimum atomic E-state index is -0.301. The molecule has 0 amide bonds. The third-order valence-corrected chi connectivity index (χ3v) is 3.91. The molecule has 1 fully saturated rings. The third-order valence-electron chi connectivity index (χ3n) is 3.91. The summed E-state index contributed by atoms with van der Waals surface area (Å²) in [5.74, 6) is 1.94. The fraction of sp³-hybridized carbons (Fsp3) is 0.533. The highest BCUT2D eigenvalue weighted by atomic mass is 19.1. The molecule has 1 N–H and O–H groups in total. The van der Waals surface area contributed by atoms with Gasteiger partial charge in [0.25, 0.3) is 0 Å². The van der Waals surface area contributed by atoms with E-state index in [1.54, 1.807) is 12.3 Å². The zero-order valence-corrected chi connectivity index (χ0v) is 12.1. The number of anilines is 1. The predicted molar refractivity (Wildman–Crippen MR) is 76.3 cm³/mol. The molecule has 0 aromatic carbocycles. The third kappa shape index (κ3) is 3.37.